The second-order valence-electron chi connectivity index (χ2n) is 12.5. The van der Waals surface area contributed by atoms with Gasteiger partial charge in [-0.1, -0.05) is 0 Å². The van der Waals surface area contributed by atoms with Crippen LogP contribution in [0.2, 0.25) is 0 Å². The summed E-state index contributed by atoms with van der Waals surface area (Å²) in [5, 5.41) is 125. The fourth-order valence-electron chi connectivity index (χ4n) is 6.30. The Morgan fingerprint density at radius 3 is 2.06 bits per heavy atom. The van der Waals surface area contributed by atoms with E-state index in [-0.39, 0.29) is 17.1 Å². The van der Waals surface area contributed by atoms with Crippen molar-refractivity contribution in [2.45, 2.75) is 85.8 Å². The molecule has 3 aromatic rings. The van der Waals surface area contributed by atoms with Gasteiger partial charge in [-0.25, -0.2) is 0 Å². The molecule has 19 heteroatoms. The van der Waals surface area contributed by atoms with E-state index in [4.69, 9.17) is 28.1 Å². The normalized spacial score (nSPS) is 37.4. The number of ether oxygens (including phenoxy) is 5. The Labute approximate surface area is 286 Å². The molecule has 1 aromatic heterocycles. The number of aromatic hydroxyl groups is 2. The van der Waals surface area contributed by atoms with Crippen LogP contribution in [0, 0.1) is 0 Å². The number of benzene rings is 2. The molecule has 3 aliphatic rings. The van der Waals surface area contributed by atoms with Crippen molar-refractivity contribution < 1.29 is 89.4 Å². The lowest BCUT2D eigenvalue weighted by atomic mass is 9.88. The molecule has 0 radical (unpaired) electrons. The zero-order chi connectivity index (χ0) is 36.9. The molecule has 51 heavy (non-hydrogen) atoms. The van der Waals surface area contributed by atoms with Gasteiger partial charge in [0.15, 0.2) is 11.7 Å². The lowest BCUT2D eigenvalue weighted by Gasteiger charge is -2.46. The van der Waals surface area contributed by atoms with Gasteiger partial charge in [0.2, 0.25) is 6.29 Å². The van der Waals surface area contributed by atoms with E-state index in [9.17, 15) is 66.1 Å². The van der Waals surface area contributed by atoms with Gasteiger partial charge >= 0.3 is 0 Å². The molecule has 2 aromatic carbocycles. The summed E-state index contributed by atoms with van der Waals surface area (Å²) < 4.78 is 34.2. The molecule has 14 atom stereocenters. The van der Waals surface area contributed by atoms with Crippen molar-refractivity contribution in [1.29, 1.82) is 0 Å². The summed E-state index contributed by atoms with van der Waals surface area (Å²) in [4.78, 5) is 13.6. The molecule has 3 aliphatic heterocycles. The second-order valence-corrected chi connectivity index (χ2v) is 12.5. The summed E-state index contributed by atoms with van der Waals surface area (Å²) >= 11 is 0. The summed E-state index contributed by atoms with van der Waals surface area (Å²) in [6.45, 7) is -2.27. The largest absolute Gasteiger partial charge is 0.508 e. The third-order valence-electron chi connectivity index (χ3n) is 9.18. The van der Waals surface area contributed by atoms with Crippen molar-refractivity contribution in [2.75, 3.05) is 19.8 Å². The zero-order valence-electron chi connectivity index (χ0n) is 26.4. The Morgan fingerprint density at radius 1 is 0.745 bits per heavy atom. The maximum Gasteiger partial charge on any atom is 0.229 e. The standard InChI is InChI=1S/C32H38O19/c33-7-16-22(38)26(42)30(49-18-9-46-31(45)27(43)23(18)39)29(48-16)20-15(50-32-28(44)25(41)21(37)17(8-34)51-32)6-14-19(24(20)40)12(36)5-13(47-14)10-1-3-11(35)4-2-10/h1-6,16-18,21-23,25-35,37-45H,7-9H2/t16-,17-,18-,21+,22-,23-,25+,26+,27+,28-,29+,30-,31-,32+/m1/s1. The summed E-state index contributed by atoms with van der Waals surface area (Å²) in [6.07, 6.45) is -25.0. The summed E-state index contributed by atoms with van der Waals surface area (Å²) in [5.41, 5.74) is -1.34. The molecular formula is C32H38O19. The summed E-state index contributed by atoms with van der Waals surface area (Å²) in [5.74, 6) is -1.53. The van der Waals surface area contributed by atoms with E-state index in [0.717, 1.165) is 12.1 Å². The first-order chi connectivity index (χ1) is 24.2. The van der Waals surface area contributed by atoms with Crippen LogP contribution in [-0.4, -0.2) is 161 Å². The smallest absolute Gasteiger partial charge is 0.229 e. The van der Waals surface area contributed by atoms with Crippen molar-refractivity contribution in [1.82, 2.24) is 0 Å². The highest BCUT2D eigenvalue weighted by atomic mass is 16.7. The monoisotopic (exact) mass is 726 g/mol. The quantitative estimate of drug-likeness (QED) is 0.105. The number of fused-ring (bicyclic) bond motifs is 1. The van der Waals surface area contributed by atoms with Gasteiger partial charge in [0.1, 0.15) is 107 Å². The van der Waals surface area contributed by atoms with E-state index in [2.05, 4.69) is 0 Å². The fourth-order valence-corrected chi connectivity index (χ4v) is 6.30. The third-order valence-corrected chi connectivity index (χ3v) is 9.18. The fraction of sp³-hybridized carbons (Fsp3) is 0.531. The van der Waals surface area contributed by atoms with Crippen molar-refractivity contribution in [3.8, 4) is 28.6 Å². The average Bonchev–Trinajstić information content (AvgIpc) is 3.11. The van der Waals surface area contributed by atoms with Gasteiger partial charge < -0.3 is 89.4 Å². The molecule has 0 bridgehead atoms. The van der Waals surface area contributed by atoms with Gasteiger partial charge in [0, 0.05) is 17.7 Å². The topological polar surface area (TPSA) is 319 Å². The first-order valence-electron chi connectivity index (χ1n) is 15.8. The molecule has 280 valence electrons. The molecule has 6 rings (SSSR count). The van der Waals surface area contributed by atoms with Crippen molar-refractivity contribution in [3.63, 3.8) is 0 Å². The van der Waals surface area contributed by atoms with Gasteiger partial charge in [-0.05, 0) is 24.3 Å². The molecule has 3 fully saturated rings. The van der Waals surface area contributed by atoms with Crippen LogP contribution in [0.3, 0.4) is 0 Å². The van der Waals surface area contributed by atoms with Crippen LogP contribution in [0.5, 0.6) is 17.2 Å². The number of hydrogen-bond donors (Lipinski definition) is 12. The number of hydrogen-bond acceptors (Lipinski definition) is 19. The summed E-state index contributed by atoms with van der Waals surface area (Å²) in [7, 11) is 0. The number of phenols is 2. The molecular weight excluding hydrogens is 688 g/mol. The predicted molar refractivity (Wildman–Crippen MR) is 165 cm³/mol. The molecule has 0 spiro atoms. The molecule has 0 saturated carbocycles. The summed E-state index contributed by atoms with van der Waals surface area (Å²) in [6, 6.07) is 7.64. The highest BCUT2D eigenvalue weighted by molar-refractivity contribution is 5.88. The van der Waals surface area contributed by atoms with Gasteiger partial charge in [0.05, 0.1) is 25.4 Å². The first-order valence-corrected chi connectivity index (χ1v) is 15.8. The highest BCUT2D eigenvalue weighted by Gasteiger charge is 2.51. The number of aliphatic hydroxyl groups excluding tert-OH is 10. The van der Waals surface area contributed by atoms with Crippen LogP contribution >= 0.6 is 0 Å². The third kappa shape index (κ3) is 6.90. The number of rotatable bonds is 8. The lowest BCUT2D eigenvalue weighted by molar-refractivity contribution is -0.301. The number of aliphatic hydroxyl groups is 10. The molecule has 0 amide bonds. The predicted octanol–water partition coefficient (Wildman–Crippen LogP) is -3.97. The van der Waals surface area contributed by atoms with Crippen molar-refractivity contribution in [3.05, 3.63) is 52.2 Å². The van der Waals surface area contributed by atoms with E-state index in [1.807, 2.05) is 0 Å². The average molecular weight is 727 g/mol. The highest BCUT2D eigenvalue weighted by Crippen LogP contribution is 2.47. The Hall–Kier alpha value is -3.51. The van der Waals surface area contributed by atoms with E-state index < -0.39 is 134 Å². The minimum Gasteiger partial charge on any atom is -0.508 e. The second kappa shape index (κ2) is 14.8. The van der Waals surface area contributed by atoms with E-state index in [1.54, 1.807) is 0 Å². The molecule has 19 nitrogen and oxygen atoms in total. The van der Waals surface area contributed by atoms with Crippen LogP contribution in [0.15, 0.2) is 45.6 Å². The maximum atomic E-state index is 13.6. The lowest BCUT2D eigenvalue weighted by Crippen LogP contribution is -2.61. The molecule has 12 N–H and O–H groups in total. The van der Waals surface area contributed by atoms with Crippen LogP contribution in [0.4, 0.5) is 0 Å². The van der Waals surface area contributed by atoms with Gasteiger partial charge in [-0.15, -0.1) is 0 Å². The molecule has 4 heterocycles. The van der Waals surface area contributed by atoms with Gasteiger partial charge in [0.25, 0.3) is 0 Å². The number of phenolic OH excluding ortho intramolecular Hbond substituents is 2. The van der Waals surface area contributed by atoms with Crippen molar-refractivity contribution in [2.24, 2.45) is 0 Å². The van der Waals surface area contributed by atoms with Crippen LogP contribution < -0.4 is 10.2 Å². The Balaban J connectivity index is 1.52. The first kappa shape index (κ1) is 37.3. The van der Waals surface area contributed by atoms with E-state index in [0.29, 0.717) is 5.56 Å². The van der Waals surface area contributed by atoms with Crippen LogP contribution in [0.1, 0.15) is 11.7 Å². The zero-order valence-corrected chi connectivity index (χ0v) is 26.4. The minimum absolute atomic E-state index is 0.0283. The van der Waals surface area contributed by atoms with Crippen LogP contribution in [0.25, 0.3) is 22.3 Å². The Bertz CT molecular complexity index is 1730. The minimum atomic E-state index is -1.98. The Morgan fingerprint density at radius 2 is 1.39 bits per heavy atom. The van der Waals surface area contributed by atoms with E-state index >= 15 is 0 Å². The van der Waals surface area contributed by atoms with Gasteiger partial charge in [-0.2, -0.15) is 0 Å². The van der Waals surface area contributed by atoms with Gasteiger partial charge in [-0.3, -0.25) is 4.79 Å². The van der Waals surface area contributed by atoms with E-state index in [1.165, 1.54) is 24.3 Å². The molecule has 3 saturated heterocycles. The molecule has 0 unspecified atom stereocenters. The van der Waals surface area contributed by atoms with Crippen LogP contribution in [-0.2, 0) is 18.9 Å². The Kier molecular flexibility index (Phi) is 10.8. The SMILES string of the molecule is O=c1cc(-c2ccc(O)cc2)oc2cc(O[C@H]3O[C@H](CO)[C@H](O)[C@H](O)[C@H]3O)c([C@@H]3O[C@H](CO)[C@@H](O)[C@H](O)[C@H]3O[C@@H]3CO[C@@H](O)[C@@H](O)[C@@H]3O)c(O)c12. The maximum absolute atomic E-state index is 13.6. The van der Waals surface area contributed by atoms with Crippen molar-refractivity contribution >= 4 is 11.0 Å². The molecule has 0 aliphatic carbocycles.